The number of hydrogen-bond donors (Lipinski definition) is 1. The predicted molar refractivity (Wildman–Crippen MR) is 87.8 cm³/mol. The van der Waals surface area contributed by atoms with Gasteiger partial charge in [0.25, 0.3) is 0 Å². The Morgan fingerprint density at radius 1 is 1.14 bits per heavy atom. The van der Waals surface area contributed by atoms with Gasteiger partial charge in [-0.05, 0) is 18.2 Å². The van der Waals surface area contributed by atoms with Crippen molar-refractivity contribution in [2.24, 2.45) is 0 Å². The lowest BCUT2D eigenvalue weighted by Crippen LogP contribution is -1.93. The first-order valence-corrected chi connectivity index (χ1v) is 7.56. The molecule has 1 aromatic heterocycles. The number of para-hydroxylation sites is 1. The highest BCUT2D eigenvalue weighted by Crippen LogP contribution is 2.27. The van der Waals surface area contributed by atoms with E-state index >= 15 is 0 Å². The number of nitrogen functional groups attached to an aromatic ring is 1. The highest BCUT2D eigenvalue weighted by atomic mass is 32.1. The van der Waals surface area contributed by atoms with E-state index in [2.05, 4.69) is 11.4 Å². The Balaban J connectivity index is 1.85. The molecule has 0 atom stereocenters. The Labute approximate surface area is 128 Å². The third-order valence-electron chi connectivity index (χ3n) is 3.27. The molecule has 0 aliphatic rings. The van der Waals surface area contributed by atoms with Gasteiger partial charge in [-0.1, -0.05) is 30.3 Å². The third-order valence-corrected chi connectivity index (χ3v) is 4.12. The van der Waals surface area contributed by atoms with Crippen molar-refractivity contribution in [3.63, 3.8) is 0 Å². The van der Waals surface area contributed by atoms with Crippen molar-refractivity contribution in [3.8, 4) is 17.0 Å². The average molecular weight is 296 g/mol. The summed E-state index contributed by atoms with van der Waals surface area (Å²) in [6, 6.07) is 15.8. The summed E-state index contributed by atoms with van der Waals surface area (Å²) >= 11 is 1.66. The van der Waals surface area contributed by atoms with Gasteiger partial charge in [0.2, 0.25) is 0 Å². The number of ether oxygens (including phenoxy) is 1. The summed E-state index contributed by atoms with van der Waals surface area (Å²) in [7, 11) is 1.69. The molecule has 2 aromatic carbocycles. The van der Waals surface area contributed by atoms with Gasteiger partial charge in [0.05, 0.1) is 17.8 Å². The Hall–Kier alpha value is -2.33. The zero-order chi connectivity index (χ0) is 14.7. The Morgan fingerprint density at radius 2 is 2.00 bits per heavy atom. The van der Waals surface area contributed by atoms with Gasteiger partial charge in [-0.25, -0.2) is 4.98 Å². The lowest BCUT2D eigenvalue weighted by Gasteiger charge is -2.05. The van der Waals surface area contributed by atoms with Crippen LogP contribution in [0.4, 0.5) is 5.69 Å². The molecule has 0 amide bonds. The number of nitrogens with zero attached hydrogens (tertiary/aromatic N) is 1. The molecule has 0 aliphatic carbocycles. The van der Waals surface area contributed by atoms with Crippen molar-refractivity contribution in [3.05, 3.63) is 64.5 Å². The molecule has 1 heterocycles. The number of hydrogen-bond acceptors (Lipinski definition) is 4. The second-order valence-corrected chi connectivity index (χ2v) is 5.68. The number of aromatic nitrogens is 1. The normalized spacial score (nSPS) is 10.5. The fourth-order valence-corrected chi connectivity index (χ4v) is 3.06. The number of rotatable bonds is 4. The van der Waals surface area contributed by atoms with Crippen LogP contribution in [0.3, 0.4) is 0 Å². The number of nitrogens with two attached hydrogens (primary N) is 1. The minimum atomic E-state index is 0.756. The molecule has 0 saturated carbocycles. The van der Waals surface area contributed by atoms with Crippen molar-refractivity contribution >= 4 is 17.0 Å². The van der Waals surface area contributed by atoms with Crippen LogP contribution in [0.2, 0.25) is 0 Å². The molecule has 3 aromatic rings. The van der Waals surface area contributed by atoms with Crippen LogP contribution in [-0.4, -0.2) is 12.1 Å². The molecule has 0 spiro atoms. The van der Waals surface area contributed by atoms with E-state index in [0.717, 1.165) is 39.7 Å². The minimum Gasteiger partial charge on any atom is -0.496 e. The monoisotopic (exact) mass is 296 g/mol. The lowest BCUT2D eigenvalue weighted by molar-refractivity contribution is 0.410. The molecule has 0 fully saturated rings. The standard InChI is InChI=1S/C17H16N2OS/c1-20-16-8-3-2-5-13(16)10-17-19-15(11-21-17)12-6-4-7-14(18)9-12/h2-9,11H,10,18H2,1H3. The molecule has 106 valence electrons. The predicted octanol–water partition coefficient (Wildman–Crippen LogP) is 3.99. The van der Waals surface area contributed by atoms with Crippen molar-refractivity contribution < 1.29 is 4.74 Å². The zero-order valence-corrected chi connectivity index (χ0v) is 12.6. The van der Waals surface area contributed by atoms with Gasteiger partial charge in [-0.3, -0.25) is 0 Å². The largest absolute Gasteiger partial charge is 0.496 e. The van der Waals surface area contributed by atoms with Crippen molar-refractivity contribution in [1.82, 2.24) is 4.98 Å². The molecule has 0 saturated heterocycles. The summed E-state index contributed by atoms with van der Waals surface area (Å²) in [5, 5.41) is 3.14. The van der Waals surface area contributed by atoms with Crippen LogP contribution in [-0.2, 0) is 6.42 Å². The molecular formula is C17H16N2OS. The summed E-state index contributed by atoms with van der Waals surface area (Å²) in [5.41, 5.74) is 9.75. The molecule has 21 heavy (non-hydrogen) atoms. The van der Waals surface area contributed by atoms with E-state index in [1.807, 2.05) is 42.5 Å². The Bertz CT molecular complexity index is 752. The molecule has 3 rings (SSSR count). The van der Waals surface area contributed by atoms with Crippen LogP contribution in [0.25, 0.3) is 11.3 Å². The molecule has 0 unspecified atom stereocenters. The van der Waals surface area contributed by atoms with Crippen LogP contribution < -0.4 is 10.5 Å². The van der Waals surface area contributed by atoms with E-state index in [4.69, 9.17) is 15.5 Å². The first-order chi connectivity index (χ1) is 10.3. The lowest BCUT2D eigenvalue weighted by atomic mass is 10.1. The number of anilines is 1. The second kappa shape index (κ2) is 5.97. The van der Waals surface area contributed by atoms with E-state index in [-0.39, 0.29) is 0 Å². The quantitative estimate of drug-likeness (QED) is 0.740. The van der Waals surface area contributed by atoms with Crippen LogP contribution >= 0.6 is 11.3 Å². The molecule has 4 heteroatoms. The SMILES string of the molecule is COc1ccccc1Cc1nc(-c2cccc(N)c2)cs1. The zero-order valence-electron chi connectivity index (χ0n) is 11.7. The van der Waals surface area contributed by atoms with E-state index in [9.17, 15) is 0 Å². The molecular weight excluding hydrogens is 280 g/mol. The van der Waals surface area contributed by atoms with Crippen molar-refractivity contribution in [1.29, 1.82) is 0 Å². The Kier molecular flexibility index (Phi) is 3.88. The Morgan fingerprint density at radius 3 is 2.81 bits per heavy atom. The smallest absolute Gasteiger partial charge is 0.122 e. The number of benzene rings is 2. The number of methoxy groups -OCH3 is 1. The fraction of sp³-hybridized carbons (Fsp3) is 0.118. The van der Waals surface area contributed by atoms with Crippen LogP contribution in [0.1, 0.15) is 10.6 Å². The third kappa shape index (κ3) is 3.06. The minimum absolute atomic E-state index is 0.756. The van der Waals surface area contributed by atoms with Crippen molar-refractivity contribution in [2.45, 2.75) is 6.42 Å². The molecule has 0 radical (unpaired) electrons. The highest BCUT2D eigenvalue weighted by molar-refractivity contribution is 7.10. The van der Waals surface area contributed by atoms with E-state index in [1.165, 1.54) is 0 Å². The van der Waals surface area contributed by atoms with Gasteiger partial charge in [-0.2, -0.15) is 0 Å². The molecule has 3 nitrogen and oxygen atoms in total. The first kappa shape index (κ1) is 13.6. The van der Waals surface area contributed by atoms with E-state index in [1.54, 1.807) is 18.4 Å². The second-order valence-electron chi connectivity index (χ2n) is 4.74. The van der Waals surface area contributed by atoms with Gasteiger partial charge < -0.3 is 10.5 Å². The fourth-order valence-electron chi connectivity index (χ4n) is 2.23. The van der Waals surface area contributed by atoms with Gasteiger partial charge in [0.1, 0.15) is 5.75 Å². The van der Waals surface area contributed by atoms with Crippen LogP contribution in [0, 0.1) is 0 Å². The summed E-state index contributed by atoms with van der Waals surface area (Å²) in [6.45, 7) is 0. The van der Waals surface area contributed by atoms with E-state index < -0.39 is 0 Å². The van der Waals surface area contributed by atoms with Gasteiger partial charge in [0.15, 0.2) is 0 Å². The van der Waals surface area contributed by atoms with Gasteiger partial charge >= 0.3 is 0 Å². The van der Waals surface area contributed by atoms with Gasteiger partial charge in [-0.15, -0.1) is 11.3 Å². The van der Waals surface area contributed by atoms with E-state index in [0.29, 0.717) is 0 Å². The first-order valence-electron chi connectivity index (χ1n) is 6.68. The summed E-state index contributed by atoms with van der Waals surface area (Å²) in [5.74, 6) is 0.901. The average Bonchev–Trinajstić information content (AvgIpc) is 2.96. The highest BCUT2D eigenvalue weighted by Gasteiger charge is 2.08. The topological polar surface area (TPSA) is 48.1 Å². The molecule has 2 N–H and O–H groups in total. The van der Waals surface area contributed by atoms with Crippen LogP contribution in [0.15, 0.2) is 53.9 Å². The maximum Gasteiger partial charge on any atom is 0.122 e. The maximum absolute atomic E-state index is 5.82. The maximum atomic E-state index is 5.82. The summed E-state index contributed by atoms with van der Waals surface area (Å²) in [6.07, 6.45) is 0.775. The van der Waals surface area contributed by atoms with Crippen LogP contribution in [0.5, 0.6) is 5.75 Å². The molecule has 0 bridgehead atoms. The summed E-state index contributed by atoms with van der Waals surface area (Å²) in [4.78, 5) is 4.70. The van der Waals surface area contributed by atoms with Crippen molar-refractivity contribution in [2.75, 3.05) is 12.8 Å². The molecule has 0 aliphatic heterocycles. The number of thiazole rings is 1. The summed E-state index contributed by atoms with van der Waals surface area (Å²) < 4.78 is 5.39. The van der Waals surface area contributed by atoms with Gasteiger partial charge in [0, 0.05) is 28.6 Å².